The van der Waals surface area contributed by atoms with Gasteiger partial charge in [0.15, 0.2) is 5.82 Å². The zero-order chi connectivity index (χ0) is 20.2. The van der Waals surface area contributed by atoms with Gasteiger partial charge in [0.25, 0.3) is 0 Å². The van der Waals surface area contributed by atoms with Gasteiger partial charge in [-0.1, -0.05) is 35.3 Å². The molecule has 4 aromatic rings. The highest BCUT2D eigenvalue weighted by atomic mass is 35.5. The molecule has 0 aliphatic carbocycles. The maximum atomic E-state index is 12.2. The van der Waals surface area contributed by atoms with Crippen LogP contribution in [0.25, 0.3) is 11.0 Å². The number of halogens is 2. The predicted octanol–water partition coefficient (Wildman–Crippen LogP) is 5.43. The summed E-state index contributed by atoms with van der Waals surface area (Å²) in [6.07, 6.45) is 1.53. The number of H-pyrrole nitrogens is 1. The van der Waals surface area contributed by atoms with E-state index in [2.05, 4.69) is 20.5 Å². The first-order valence-electron chi connectivity index (χ1n) is 8.59. The van der Waals surface area contributed by atoms with Crippen LogP contribution in [0, 0.1) is 0 Å². The first-order chi connectivity index (χ1) is 14.1. The third-order valence-corrected chi connectivity index (χ3v) is 4.52. The fourth-order valence-electron chi connectivity index (χ4n) is 2.59. The van der Waals surface area contributed by atoms with Crippen LogP contribution < -0.4 is 10.2 Å². The predicted molar refractivity (Wildman–Crippen MR) is 114 cm³/mol. The number of hydrazone groups is 1. The summed E-state index contributed by atoms with van der Waals surface area (Å²) < 4.78 is 5.73. The van der Waals surface area contributed by atoms with Crippen molar-refractivity contribution >= 4 is 46.4 Å². The van der Waals surface area contributed by atoms with Crippen molar-refractivity contribution in [3.63, 3.8) is 0 Å². The molecule has 8 heteroatoms. The number of fused-ring (bicyclic) bond motifs is 1. The van der Waals surface area contributed by atoms with Crippen LogP contribution in [0.4, 0.5) is 0 Å². The fourth-order valence-corrected chi connectivity index (χ4v) is 3.03. The lowest BCUT2D eigenvalue weighted by molar-refractivity contribution is 0.0946. The minimum atomic E-state index is -0.421. The zero-order valence-electron chi connectivity index (χ0n) is 14.9. The molecule has 0 bridgehead atoms. The molecule has 1 amide bonds. The molecule has 0 atom stereocenters. The summed E-state index contributed by atoms with van der Waals surface area (Å²) in [4.78, 5) is 19.3. The van der Waals surface area contributed by atoms with Gasteiger partial charge in [0.05, 0.1) is 22.3 Å². The number of rotatable bonds is 5. The molecule has 0 saturated carbocycles. The van der Waals surface area contributed by atoms with Crippen molar-refractivity contribution in [3.05, 3.63) is 88.2 Å². The molecule has 1 heterocycles. The lowest BCUT2D eigenvalue weighted by atomic mass is 10.2. The Morgan fingerprint density at radius 3 is 2.62 bits per heavy atom. The van der Waals surface area contributed by atoms with Crippen molar-refractivity contribution in [2.24, 2.45) is 5.10 Å². The molecule has 144 valence electrons. The monoisotopic (exact) mass is 424 g/mol. The van der Waals surface area contributed by atoms with E-state index in [-0.39, 0.29) is 5.82 Å². The van der Waals surface area contributed by atoms with Crippen LogP contribution in [-0.2, 0) is 0 Å². The Morgan fingerprint density at radius 1 is 1.07 bits per heavy atom. The largest absolute Gasteiger partial charge is 0.456 e. The SMILES string of the molecule is O=C(N/N=C/c1ccc(Oc2ccc(Cl)cc2Cl)cc1)c1nc2ccccc2[nH]1. The molecular weight excluding hydrogens is 411 g/mol. The van der Waals surface area contributed by atoms with E-state index in [1.165, 1.54) is 6.21 Å². The second-order valence-electron chi connectivity index (χ2n) is 6.05. The highest BCUT2D eigenvalue weighted by Crippen LogP contribution is 2.31. The summed E-state index contributed by atoms with van der Waals surface area (Å²) in [5.41, 5.74) is 4.74. The number of benzene rings is 3. The Bertz CT molecular complexity index is 1170. The normalized spacial score (nSPS) is 11.1. The van der Waals surface area contributed by atoms with Crippen molar-refractivity contribution in [2.45, 2.75) is 0 Å². The van der Waals surface area contributed by atoms with Gasteiger partial charge < -0.3 is 9.72 Å². The second kappa shape index (κ2) is 8.34. The van der Waals surface area contributed by atoms with Crippen LogP contribution in [0.3, 0.4) is 0 Å². The maximum Gasteiger partial charge on any atom is 0.307 e. The molecule has 6 nitrogen and oxygen atoms in total. The second-order valence-corrected chi connectivity index (χ2v) is 6.89. The molecule has 4 rings (SSSR count). The third-order valence-electron chi connectivity index (χ3n) is 3.99. The van der Waals surface area contributed by atoms with E-state index in [0.717, 1.165) is 16.6 Å². The number of nitrogens with zero attached hydrogens (tertiary/aromatic N) is 2. The lowest BCUT2D eigenvalue weighted by Gasteiger charge is -2.07. The Morgan fingerprint density at radius 2 is 1.86 bits per heavy atom. The fraction of sp³-hybridized carbons (Fsp3) is 0. The Balaban J connectivity index is 1.37. The third kappa shape index (κ3) is 4.56. The summed E-state index contributed by atoms with van der Waals surface area (Å²) >= 11 is 12.0. The zero-order valence-corrected chi connectivity index (χ0v) is 16.4. The number of nitrogens with one attached hydrogen (secondary N) is 2. The maximum absolute atomic E-state index is 12.2. The van der Waals surface area contributed by atoms with E-state index in [4.69, 9.17) is 27.9 Å². The highest BCUT2D eigenvalue weighted by Gasteiger charge is 2.10. The van der Waals surface area contributed by atoms with Gasteiger partial charge in [-0.25, -0.2) is 10.4 Å². The standard InChI is InChI=1S/C21H14Cl2N4O2/c22-14-7-10-19(16(23)11-14)29-15-8-5-13(6-9-15)12-24-27-21(28)20-25-17-3-1-2-4-18(17)26-20/h1-12H,(H,25,26)(H,27,28)/b24-12+. The minimum Gasteiger partial charge on any atom is -0.456 e. The summed E-state index contributed by atoms with van der Waals surface area (Å²) in [7, 11) is 0. The van der Waals surface area contributed by atoms with Gasteiger partial charge in [0.2, 0.25) is 0 Å². The molecule has 0 spiro atoms. The molecular formula is C21H14Cl2N4O2. The highest BCUT2D eigenvalue weighted by molar-refractivity contribution is 6.35. The number of hydrogen-bond acceptors (Lipinski definition) is 4. The Kier molecular flexibility index (Phi) is 5.46. The molecule has 0 aliphatic heterocycles. The first-order valence-corrected chi connectivity index (χ1v) is 9.35. The minimum absolute atomic E-state index is 0.201. The van der Waals surface area contributed by atoms with E-state index in [0.29, 0.717) is 21.5 Å². The number of hydrogen-bond donors (Lipinski definition) is 2. The van der Waals surface area contributed by atoms with Crippen molar-refractivity contribution in [2.75, 3.05) is 0 Å². The summed E-state index contributed by atoms with van der Waals surface area (Å²) in [6, 6.07) is 19.6. The number of carbonyl (C=O) groups is 1. The number of aromatic amines is 1. The molecule has 0 radical (unpaired) electrons. The molecule has 0 aliphatic rings. The molecule has 2 N–H and O–H groups in total. The Hall–Kier alpha value is -3.35. The van der Waals surface area contributed by atoms with E-state index < -0.39 is 5.91 Å². The number of amides is 1. The van der Waals surface area contributed by atoms with Gasteiger partial charge in [0.1, 0.15) is 11.5 Å². The van der Waals surface area contributed by atoms with Crippen LogP contribution in [0.2, 0.25) is 10.0 Å². The van der Waals surface area contributed by atoms with Crippen LogP contribution >= 0.6 is 23.2 Å². The summed E-state index contributed by atoms with van der Waals surface area (Å²) in [6.45, 7) is 0. The molecule has 0 unspecified atom stereocenters. The lowest BCUT2D eigenvalue weighted by Crippen LogP contribution is -2.19. The molecule has 0 fully saturated rings. The van der Waals surface area contributed by atoms with Crippen LogP contribution in [0.1, 0.15) is 16.2 Å². The van der Waals surface area contributed by atoms with Crippen LogP contribution in [-0.4, -0.2) is 22.1 Å². The van der Waals surface area contributed by atoms with Crippen LogP contribution in [0.15, 0.2) is 71.8 Å². The number of para-hydroxylation sites is 2. The van der Waals surface area contributed by atoms with Crippen LogP contribution in [0.5, 0.6) is 11.5 Å². The van der Waals surface area contributed by atoms with Gasteiger partial charge >= 0.3 is 5.91 Å². The molecule has 1 aromatic heterocycles. The van der Waals surface area contributed by atoms with Crippen molar-refractivity contribution in [1.82, 2.24) is 15.4 Å². The average Bonchev–Trinajstić information content (AvgIpc) is 3.16. The quantitative estimate of drug-likeness (QED) is 0.331. The van der Waals surface area contributed by atoms with E-state index in [9.17, 15) is 4.79 Å². The number of carbonyl (C=O) groups excluding carboxylic acids is 1. The molecule has 29 heavy (non-hydrogen) atoms. The van der Waals surface area contributed by atoms with Gasteiger partial charge in [-0.2, -0.15) is 5.10 Å². The van der Waals surface area contributed by atoms with Gasteiger partial charge in [-0.05, 0) is 60.2 Å². The van der Waals surface area contributed by atoms with Crippen molar-refractivity contribution in [3.8, 4) is 11.5 Å². The van der Waals surface area contributed by atoms with Gasteiger partial charge in [-0.3, -0.25) is 4.79 Å². The van der Waals surface area contributed by atoms with Gasteiger partial charge in [-0.15, -0.1) is 0 Å². The van der Waals surface area contributed by atoms with Crippen molar-refractivity contribution in [1.29, 1.82) is 0 Å². The number of ether oxygens (including phenoxy) is 1. The van der Waals surface area contributed by atoms with Crippen molar-refractivity contribution < 1.29 is 9.53 Å². The van der Waals surface area contributed by atoms with E-state index in [1.54, 1.807) is 42.5 Å². The molecule has 3 aromatic carbocycles. The summed E-state index contributed by atoms with van der Waals surface area (Å²) in [5, 5.41) is 4.93. The first kappa shape index (κ1) is 19.0. The topological polar surface area (TPSA) is 79.4 Å². The van der Waals surface area contributed by atoms with E-state index >= 15 is 0 Å². The number of aromatic nitrogens is 2. The average molecular weight is 425 g/mol. The Labute approximate surface area is 176 Å². The smallest absolute Gasteiger partial charge is 0.307 e. The number of imidazole rings is 1. The summed E-state index contributed by atoms with van der Waals surface area (Å²) in [5.74, 6) is 0.898. The van der Waals surface area contributed by atoms with Gasteiger partial charge in [0, 0.05) is 5.02 Å². The van der Waals surface area contributed by atoms with E-state index in [1.807, 2.05) is 24.3 Å². The molecule has 0 saturated heterocycles.